The van der Waals surface area contributed by atoms with E-state index in [9.17, 15) is 21.9 Å². The van der Waals surface area contributed by atoms with Crippen molar-refractivity contribution in [2.45, 2.75) is 0 Å². The van der Waals surface area contributed by atoms with Crippen LogP contribution in [0, 0.1) is 0 Å². The zero-order valence-electron chi connectivity index (χ0n) is 8.71. The van der Waals surface area contributed by atoms with Crippen molar-refractivity contribution in [3.8, 4) is 5.75 Å². The van der Waals surface area contributed by atoms with Crippen molar-refractivity contribution in [1.29, 1.82) is 0 Å². The normalized spacial score (nSPS) is 12.4. The Balaban J connectivity index is 3.02. The van der Waals surface area contributed by atoms with Crippen molar-refractivity contribution in [3.63, 3.8) is 0 Å². The molecular weight excluding hydrogens is 290 g/mol. The predicted molar refractivity (Wildman–Crippen MR) is 65.4 cm³/mol. The van der Waals surface area contributed by atoms with Crippen molar-refractivity contribution in [3.05, 3.63) is 23.2 Å². The van der Waals surface area contributed by atoms with Crippen LogP contribution in [0.15, 0.2) is 18.2 Å². The Morgan fingerprint density at radius 1 is 1.29 bits per heavy atom. The number of sulfonamides is 1. The van der Waals surface area contributed by atoms with Crippen LogP contribution in [-0.2, 0) is 19.9 Å². The number of anilines is 1. The van der Waals surface area contributed by atoms with Crippen LogP contribution in [0.3, 0.4) is 0 Å². The van der Waals surface area contributed by atoms with Gasteiger partial charge in [0.05, 0.1) is 5.69 Å². The third-order valence-electron chi connectivity index (χ3n) is 1.59. The van der Waals surface area contributed by atoms with E-state index in [0.29, 0.717) is 0 Å². The van der Waals surface area contributed by atoms with E-state index in [-0.39, 0.29) is 16.5 Å². The van der Waals surface area contributed by atoms with Crippen molar-refractivity contribution >= 4 is 37.1 Å². The standard InChI is InChI=1S/C8H10ClNO5S2/c1-16(12,13)5-17(14,15)10-7-4-6(9)2-3-8(7)11/h2-4,10-11H,5H2,1H3. The molecule has 0 saturated heterocycles. The fraction of sp³-hybridized carbons (Fsp3) is 0.250. The van der Waals surface area contributed by atoms with Gasteiger partial charge >= 0.3 is 0 Å². The van der Waals surface area contributed by atoms with Crippen LogP contribution in [-0.4, -0.2) is 33.3 Å². The minimum atomic E-state index is -4.09. The Labute approximate surface area is 104 Å². The summed E-state index contributed by atoms with van der Waals surface area (Å²) in [7, 11) is -7.78. The molecule has 0 atom stereocenters. The van der Waals surface area contributed by atoms with Gasteiger partial charge < -0.3 is 5.11 Å². The second kappa shape index (κ2) is 4.71. The molecule has 0 spiro atoms. The van der Waals surface area contributed by atoms with Crippen LogP contribution in [0.4, 0.5) is 5.69 Å². The highest BCUT2D eigenvalue weighted by Crippen LogP contribution is 2.27. The van der Waals surface area contributed by atoms with Gasteiger partial charge in [-0.05, 0) is 18.2 Å². The summed E-state index contributed by atoms with van der Waals surface area (Å²) in [6.07, 6.45) is 0.796. The van der Waals surface area contributed by atoms with E-state index in [0.717, 1.165) is 6.26 Å². The van der Waals surface area contributed by atoms with E-state index >= 15 is 0 Å². The summed E-state index contributed by atoms with van der Waals surface area (Å²) in [5.74, 6) is -0.341. The summed E-state index contributed by atoms with van der Waals surface area (Å²) in [6, 6.07) is 3.74. The second-order valence-electron chi connectivity index (χ2n) is 3.42. The van der Waals surface area contributed by atoms with Gasteiger partial charge in [0, 0.05) is 11.3 Å². The summed E-state index contributed by atoms with van der Waals surface area (Å²) in [5, 5.41) is 8.51. The lowest BCUT2D eigenvalue weighted by Crippen LogP contribution is -2.22. The lowest BCUT2D eigenvalue weighted by Gasteiger charge is -2.08. The maximum Gasteiger partial charge on any atom is 0.247 e. The molecule has 96 valence electrons. The molecule has 9 heteroatoms. The molecule has 0 unspecified atom stereocenters. The highest BCUT2D eigenvalue weighted by atomic mass is 35.5. The van der Waals surface area contributed by atoms with E-state index in [1.165, 1.54) is 18.2 Å². The first-order valence-electron chi connectivity index (χ1n) is 4.26. The van der Waals surface area contributed by atoms with Crippen molar-refractivity contribution in [2.24, 2.45) is 0 Å². The van der Waals surface area contributed by atoms with Gasteiger partial charge in [-0.15, -0.1) is 0 Å². The van der Waals surface area contributed by atoms with Crippen LogP contribution in [0.2, 0.25) is 5.02 Å². The average Bonchev–Trinajstić information content (AvgIpc) is 2.06. The van der Waals surface area contributed by atoms with Gasteiger partial charge in [-0.2, -0.15) is 0 Å². The summed E-state index contributed by atoms with van der Waals surface area (Å²) in [5.41, 5.74) is -0.166. The van der Waals surface area contributed by atoms with Crippen LogP contribution < -0.4 is 4.72 Å². The number of phenolic OH excluding ortho intramolecular Hbond substituents is 1. The molecular formula is C8H10ClNO5S2. The first kappa shape index (κ1) is 14.1. The lowest BCUT2D eigenvalue weighted by atomic mass is 10.3. The number of halogens is 1. The van der Waals surface area contributed by atoms with Crippen LogP contribution in [0.25, 0.3) is 0 Å². The number of phenols is 1. The predicted octanol–water partition coefficient (Wildman–Crippen LogP) is 0.789. The Bertz CT molecular complexity index is 623. The molecule has 17 heavy (non-hydrogen) atoms. The topological polar surface area (TPSA) is 101 Å². The molecule has 0 bridgehead atoms. The van der Waals surface area contributed by atoms with E-state index < -0.39 is 24.9 Å². The molecule has 1 rings (SSSR count). The van der Waals surface area contributed by atoms with Gasteiger partial charge in [0.1, 0.15) is 5.75 Å². The van der Waals surface area contributed by atoms with Gasteiger partial charge in [0.2, 0.25) is 10.0 Å². The third-order valence-corrected chi connectivity index (χ3v) is 5.31. The molecule has 1 aromatic rings. The molecule has 2 N–H and O–H groups in total. The molecule has 0 aromatic heterocycles. The summed E-state index contributed by atoms with van der Waals surface area (Å²) in [4.78, 5) is 0. The van der Waals surface area contributed by atoms with Gasteiger partial charge in [0.15, 0.2) is 14.9 Å². The number of benzene rings is 1. The fourth-order valence-corrected chi connectivity index (χ4v) is 4.23. The quantitative estimate of drug-likeness (QED) is 0.801. The summed E-state index contributed by atoms with van der Waals surface area (Å²) >= 11 is 5.61. The van der Waals surface area contributed by atoms with Gasteiger partial charge in [-0.25, -0.2) is 16.8 Å². The fourth-order valence-electron chi connectivity index (χ4n) is 1.07. The molecule has 0 aliphatic rings. The molecule has 1 aromatic carbocycles. The first-order valence-corrected chi connectivity index (χ1v) is 8.35. The van der Waals surface area contributed by atoms with Crippen LogP contribution >= 0.6 is 11.6 Å². The number of hydrogen-bond acceptors (Lipinski definition) is 5. The number of sulfone groups is 1. The van der Waals surface area contributed by atoms with Crippen molar-refractivity contribution < 1.29 is 21.9 Å². The summed E-state index contributed by atoms with van der Waals surface area (Å²) in [6.45, 7) is 0. The zero-order chi connectivity index (χ0) is 13.3. The number of rotatable bonds is 4. The molecule has 0 aliphatic carbocycles. The first-order chi connectivity index (χ1) is 7.59. The van der Waals surface area contributed by atoms with Crippen LogP contribution in [0.1, 0.15) is 0 Å². The second-order valence-corrected chi connectivity index (χ2v) is 8.09. The number of nitrogens with one attached hydrogen (secondary N) is 1. The molecule has 6 nitrogen and oxygen atoms in total. The van der Waals surface area contributed by atoms with Gasteiger partial charge in [0.25, 0.3) is 0 Å². The van der Waals surface area contributed by atoms with Gasteiger partial charge in [-0.3, -0.25) is 4.72 Å². The zero-order valence-corrected chi connectivity index (χ0v) is 11.1. The summed E-state index contributed by atoms with van der Waals surface area (Å²) < 4.78 is 46.6. The highest BCUT2D eigenvalue weighted by Gasteiger charge is 2.19. The SMILES string of the molecule is CS(=O)(=O)CS(=O)(=O)Nc1cc(Cl)ccc1O. The van der Waals surface area contributed by atoms with Gasteiger partial charge in [-0.1, -0.05) is 11.6 Å². The monoisotopic (exact) mass is 299 g/mol. The van der Waals surface area contributed by atoms with E-state index in [2.05, 4.69) is 0 Å². The maximum absolute atomic E-state index is 11.4. The highest BCUT2D eigenvalue weighted by molar-refractivity contribution is 8.08. The van der Waals surface area contributed by atoms with Crippen LogP contribution in [0.5, 0.6) is 5.75 Å². The smallest absolute Gasteiger partial charge is 0.247 e. The minimum Gasteiger partial charge on any atom is -0.506 e. The Morgan fingerprint density at radius 2 is 1.88 bits per heavy atom. The molecule has 0 saturated carbocycles. The Hall–Kier alpha value is -0.990. The van der Waals surface area contributed by atoms with E-state index in [1.54, 1.807) is 0 Å². The maximum atomic E-state index is 11.4. The Morgan fingerprint density at radius 3 is 2.41 bits per heavy atom. The van der Waals surface area contributed by atoms with Crippen molar-refractivity contribution in [2.75, 3.05) is 16.1 Å². The minimum absolute atomic E-state index is 0.166. The molecule has 0 amide bonds. The molecule has 0 heterocycles. The average molecular weight is 300 g/mol. The van der Waals surface area contributed by atoms with E-state index in [4.69, 9.17) is 11.6 Å². The molecule has 0 aliphatic heterocycles. The molecule has 0 fully saturated rings. The Kier molecular flexibility index (Phi) is 3.90. The van der Waals surface area contributed by atoms with E-state index in [1.807, 2.05) is 4.72 Å². The lowest BCUT2D eigenvalue weighted by molar-refractivity contribution is 0.477. The number of aromatic hydroxyl groups is 1. The number of hydrogen-bond donors (Lipinski definition) is 2. The largest absolute Gasteiger partial charge is 0.506 e. The third kappa shape index (κ3) is 4.80. The van der Waals surface area contributed by atoms with Crippen molar-refractivity contribution in [1.82, 2.24) is 0 Å². The molecule has 0 radical (unpaired) electrons.